The normalized spacial score (nSPS) is 15.0. The molecular weight excluding hydrogens is 287 g/mol. The van der Waals surface area contributed by atoms with Crippen molar-refractivity contribution >= 4 is 29.0 Å². The summed E-state index contributed by atoms with van der Waals surface area (Å²) in [6, 6.07) is 12.4. The van der Waals surface area contributed by atoms with E-state index in [0.29, 0.717) is 11.3 Å². The van der Waals surface area contributed by atoms with Gasteiger partial charge in [-0.1, -0.05) is 18.2 Å². The number of anilines is 2. The average Bonchev–Trinajstić information content (AvgIpc) is 2.47. The Morgan fingerprint density at radius 1 is 1.29 bits per heavy atom. The Morgan fingerprint density at radius 3 is 2.90 bits per heavy atom. The first-order chi connectivity index (χ1) is 10.1. The molecular formula is C16H15FN2OS. The molecule has 3 nitrogen and oxygen atoms in total. The topological polar surface area (TPSA) is 41.1 Å². The molecule has 1 amide bonds. The third kappa shape index (κ3) is 3.03. The van der Waals surface area contributed by atoms with E-state index >= 15 is 0 Å². The minimum Gasteiger partial charge on any atom is -0.378 e. The van der Waals surface area contributed by atoms with Crippen LogP contribution in [0.2, 0.25) is 0 Å². The number of carbonyl (C=O) groups is 1. The summed E-state index contributed by atoms with van der Waals surface area (Å²) < 4.78 is 13.8. The number of carbonyl (C=O) groups excluding carboxylic acids is 1. The Labute approximate surface area is 126 Å². The van der Waals surface area contributed by atoms with Crippen LogP contribution in [-0.2, 0) is 4.79 Å². The number of halogens is 1. The quantitative estimate of drug-likeness (QED) is 0.899. The van der Waals surface area contributed by atoms with Crippen LogP contribution in [-0.4, -0.2) is 11.7 Å². The van der Waals surface area contributed by atoms with Crippen molar-refractivity contribution in [2.45, 2.75) is 17.9 Å². The summed E-state index contributed by atoms with van der Waals surface area (Å²) in [6.45, 7) is 1.91. The molecule has 1 heterocycles. The number of benzene rings is 2. The maximum atomic E-state index is 13.8. The van der Waals surface area contributed by atoms with Gasteiger partial charge in [-0.3, -0.25) is 4.79 Å². The lowest BCUT2D eigenvalue weighted by molar-refractivity contribution is -0.113. The van der Waals surface area contributed by atoms with Gasteiger partial charge in [0.05, 0.1) is 17.5 Å². The van der Waals surface area contributed by atoms with Gasteiger partial charge in [0.2, 0.25) is 5.91 Å². The van der Waals surface area contributed by atoms with Crippen molar-refractivity contribution in [3.05, 3.63) is 53.8 Å². The van der Waals surface area contributed by atoms with Gasteiger partial charge in [-0.15, -0.1) is 11.8 Å². The van der Waals surface area contributed by atoms with Crippen molar-refractivity contribution in [3.8, 4) is 0 Å². The molecule has 0 aliphatic carbocycles. The smallest absolute Gasteiger partial charge is 0.234 e. The van der Waals surface area contributed by atoms with Gasteiger partial charge in [-0.2, -0.15) is 0 Å². The molecule has 1 unspecified atom stereocenters. The van der Waals surface area contributed by atoms with Crippen LogP contribution in [0, 0.1) is 5.82 Å². The highest BCUT2D eigenvalue weighted by atomic mass is 32.2. The largest absolute Gasteiger partial charge is 0.378 e. The van der Waals surface area contributed by atoms with Crippen LogP contribution < -0.4 is 10.6 Å². The van der Waals surface area contributed by atoms with Crippen LogP contribution in [0.25, 0.3) is 0 Å². The van der Waals surface area contributed by atoms with Crippen molar-refractivity contribution in [1.82, 2.24) is 0 Å². The summed E-state index contributed by atoms with van der Waals surface area (Å²) in [5, 5.41) is 6.11. The molecule has 0 spiro atoms. The Hall–Kier alpha value is -2.01. The molecule has 0 aromatic heterocycles. The highest BCUT2D eigenvalue weighted by molar-refractivity contribution is 8.00. The third-order valence-corrected chi connectivity index (χ3v) is 4.44. The van der Waals surface area contributed by atoms with Crippen molar-refractivity contribution in [1.29, 1.82) is 0 Å². The summed E-state index contributed by atoms with van der Waals surface area (Å²) >= 11 is 1.52. The van der Waals surface area contributed by atoms with Crippen LogP contribution in [0.4, 0.5) is 15.8 Å². The molecule has 1 aliphatic rings. The fourth-order valence-electron chi connectivity index (χ4n) is 2.33. The monoisotopic (exact) mass is 302 g/mol. The van der Waals surface area contributed by atoms with Crippen molar-refractivity contribution in [3.63, 3.8) is 0 Å². The van der Waals surface area contributed by atoms with E-state index < -0.39 is 0 Å². The summed E-state index contributed by atoms with van der Waals surface area (Å²) in [5.41, 5.74) is 2.28. The molecule has 0 bridgehead atoms. The highest BCUT2D eigenvalue weighted by Gasteiger charge is 2.16. The Kier molecular flexibility index (Phi) is 3.84. The van der Waals surface area contributed by atoms with Crippen LogP contribution in [0.1, 0.15) is 18.5 Å². The molecule has 3 rings (SSSR count). The van der Waals surface area contributed by atoms with Gasteiger partial charge in [0.1, 0.15) is 5.82 Å². The zero-order chi connectivity index (χ0) is 14.8. The first kappa shape index (κ1) is 13.9. The van der Waals surface area contributed by atoms with Gasteiger partial charge in [0, 0.05) is 16.1 Å². The molecule has 2 aromatic rings. The van der Waals surface area contributed by atoms with Gasteiger partial charge < -0.3 is 10.6 Å². The van der Waals surface area contributed by atoms with Crippen molar-refractivity contribution in [2.75, 3.05) is 16.4 Å². The number of hydrogen-bond acceptors (Lipinski definition) is 3. The van der Waals surface area contributed by atoms with E-state index in [1.807, 2.05) is 31.2 Å². The molecule has 2 N–H and O–H groups in total. The van der Waals surface area contributed by atoms with E-state index in [9.17, 15) is 9.18 Å². The second-order valence-corrected chi connectivity index (χ2v) is 5.95. The van der Waals surface area contributed by atoms with E-state index in [4.69, 9.17) is 0 Å². The fourth-order valence-corrected chi connectivity index (χ4v) is 3.12. The van der Waals surface area contributed by atoms with E-state index in [2.05, 4.69) is 10.6 Å². The predicted octanol–water partition coefficient (Wildman–Crippen LogP) is 4.04. The second-order valence-electron chi connectivity index (χ2n) is 4.94. The molecule has 21 heavy (non-hydrogen) atoms. The number of nitrogens with one attached hydrogen (secondary N) is 2. The van der Waals surface area contributed by atoms with Crippen molar-refractivity contribution in [2.24, 2.45) is 0 Å². The van der Waals surface area contributed by atoms with Gasteiger partial charge >= 0.3 is 0 Å². The van der Waals surface area contributed by atoms with E-state index in [0.717, 1.165) is 16.3 Å². The summed E-state index contributed by atoms with van der Waals surface area (Å²) in [4.78, 5) is 12.5. The maximum Gasteiger partial charge on any atom is 0.234 e. The number of fused-ring (bicyclic) bond motifs is 1. The maximum absolute atomic E-state index is 13.8. The molecule has 1 aliphatic heterocycles. The number of hydrogen-bond donors (Lipinski definition) is 2. The lowest BCUT2D eigenvalue weighted by atomic mass is 10.1. The SMILES string of the molecule is CC(Nc1ccc2c(c1)NC(=O)CS2)c1ccccc1F. The van der Waals surface area contributed by atoms with Gasteiger partial charge in [0.15, 0.2) is 0 Å². The standard InChI is InChI=1S/C16H15FN2OS/c1-10(12-4-2-3-5-13(12)17)18-11-6-7-15-14(8-11)19-16(20)9-21-15/h2-8,10,18H,9H2,1H3,(H,19,20). The predicted molar refractivity (Wildman–Crippen MR) is 84.2 cm³/mol. The summed E-state index contributed by atoms with van der Waals surface area (Å²) in [7, 11) is 0. The van der Waals surface area contributed by atoms with Gasteiger partial charge in [0.25, 0.3) is 0 Å². The minimum absolute atomic E-state index is 0.00630. The lowest BCUT2D eigenvalue weighted by Crippen LogP contribution is -2.18. The molecule has 0 radical (unpaired) electrons. The molecule has 1 atom stereocenters. The van der Waals surface area contributed by atoms with Gasteiger partial charge in [-0.25, -0.2) is 4.39 Å². The van der Waals surface area contributed by atoms with Gasteiger partial charge in [-0.05, 0) is 31.2 Å². The van der Waals surface area contributed by atoms with E-state index in [1.54, 1.807) is 12.1 Å². The van der Waals surface area contributed by atoms with Crippen LogP contribution in [0.3, 0.4) is 0 Å². The zero-order valence-electron chi connectivity index (χ0n) is 11.5. The molecule has 108 valence electrons. The number of rotatable bonds is 3. The first-order valence-corrected chi connectivity index (χ1v) is 7.70. The van der Waals surface area contributed by atoms with Crippen molar-refractivity contribution < 1.29 is 9.18 Å². The number of thioether (sulfide) groups is 1. The van der Waals surface area contributed by atoms with Crippen LogP contribution >= 0.6 is 11.8 Å². The molecule has 5 heteroatoms. The molecule has 0 saturated carbocycles. The molecule has 0 saturated heterocycles. The Balaban J connectivity index is 1.81. The zero-order valence-corrected chi connectivity index (χ0v) is 12.3. The third-order valence-electron chi connectivity index (χ3n) is 3.37. The Morgan fingerprint density at radius 2 is 2.10 bits per heavy atom. The molecule has 2 aromatic carbocycles. The molecule has 0 fully saturated rings. The van der Waals surface area contributed by atoms with Crippen LogP contribution in [0.15, 0.2) is 47.4 Å². The Bertz CT molecular complexity index is 690. The van der Waals surface area contributed by atoms with E-state index in [1.165, 1.54) is 17.8 Å². The fraction of sp³-hybridized carbons (Fsp3) is 0.188. The highest BCUT2D eigenvalue weighted by Crippen LogP contribution is 2.34. The van der Waals surface area contributed by atoms with E-state index in [-0.39, 0.29) is 17.8 Å². The minimum atomic E-state index is -0.223. The first-order valence-electron chi connectivity index (χ1n) is 6.71. The summed E-state index contributed by atoms with van der Waals surface area (Å²) in [6.07, 6.45) is 0. The second kappa shape index (κ2) is 5.77. The summed E-state index contributed by atoms with van der Waals surface area (Å²) in [5.74, 6) is 0.233. The number of amides is 1. The van der Waals surface area contributed by atoms with Crippen LogP contribution in [0.5, 0.6) is 0 Å². The lowest BCUT2D eigenvalue weighted by Gasteiger charge is -2.20. The average molecular weight is 302 g/mol.